The van der Waals surface area contributed by atoms with Gasteiger partial charge in [-0.1, -0.05) is 54.6 Å². The quantitative estimate of drug-likeness (QED) is 0.713. The molecule has 1 aromatic heterocycles. The number of hydrogen-bond acceptors (Lipinski definition) is 3. The Morgan fingerprint density at radius 2 is 1.71 bits per heavy atom. The standard InChI is InChI=1S/C18H14N2O/c1-2-7-14(8-3-1)16-12-21-18(20-16)17-15-9-5-4-6-13(15)10-11-19-17/h1-11,16H,12H2. The van der Waals surface area contributed by atoms with Crippen LogP contribution in [0.3, 0.4) is 0 Å². The lowest BCUT2D eigenvalue weighted by atomic mass is 10.1. The van der Waals surface area contributed by atoms with Crippen molar-refractivity contribution in [3.05, 3.63) is 78.1 Å². The molecule has 0 amide bonds. The van der Waals surface area contributed by atoms with Gasteiger partial charge in [0.15, 0.2) is 0 Å². The van der Waals surface area contributed by atoms with Crippen LogP contribution >= 0.6 is 0 Å². The molecule has 3 heteroatoms. The Morgan fingerprint density at radius 1 is 0.905 bits per heavy atom. The van der Waals surface area contributed by atoms with Crippen LogP contribution in [0.4, 0.5) is 0 Å². The number of nitrogens with zero attached hydrogens (tertiary/aromatic N) is 2. The fourth-order valence-electron chi connectivity index (χ4n) is 2.64. The zero-order chi connectivity index (χ0) is 14.1. The molecule has 0 aliphatic carbocycles. The summed E-state index contributed by atoms with van der Waals surface area (Å²) in [6, 6.07) is 20.4. The zero-order valence-corrected chi connectivity index (χ0v) is 11.4. The first-order valence-corrected chi connectivity index (χ1v) is 7.01. The molecule has 2 aromatic carbocycles. The molecule has 0 spiro atoms. The van der Waals surface area contributed by atoms with Gasteiger partial charge in [-0.3, -0.25) is 4.98 Å². The third-order valence-corrected chi connectivity index (χ3v) is 3.71. The van der Waals surface area contributed by atoms with Crippen LogP contribution in [0.5, 0.6) is 0 Å². The second kappa shape index (κ2) is 5.02. The molecular weight excluding hydrogens is 260 g/mol. The van der Waals surface area contributed by atoms with E-state index >= 15 is 0 Å². The van der Waals surface area contributed by atoms with Gasteiger partial charge >= 0.3 is 0 Å². The van der Waals surface area contributed by atoms with Crippen LogP contribution < -0.4 is 0 Å². The van der Waals surface area contributed by atoms with Crippen molar-refractivity contribution in [1.29, 1.82) is 0 Å². The molecule has 3 nitrogen and oxygen atoms in total. The van der Waals surface area contributed by atoms with E-state index < -0.39 is 0 Å². The van der Waals surface area contributed by atoms with E-state index in [0.717, 1.165) is 16.5 Å². The summed E-state index contributed by atoms with van der Waals surface area (Å²) in [5.41, 5.74) is 2.00. The van der Waals surface area contributed by atoms with Crippen LogP contribution in [0, 0.1) is 0 Å². The Morgan fingerprint density at radius 3 is 2.62 bits per heavy atom. The maximum atomic E-state index is 5.80. The molecule has 1 unspecified atom stereocenters. The van der Waals surface area contributed by atoms with Gasteiger partial charge in [0.2, 0.25) is 5.90 Å². The first-order chi connectivity index (χ1) is 10.4. The van der Waals surface area contributed by atoms with Crippen molar-refractivity contribution < 1.29 is 4.74 Å². The van der Waals surface area contributed by atoms with Gasteiger partial charge in [-0.15, -0.1) is 0 Å². The van der Waals surface area contributed by atoms with Gasteiger partial charge in [-0.2, -0.15) is 0 Å². The minimum Gasteiger partial charge on any atom is -0.474 e. The Hall–Kier alpha value is -2.68. The van der Waals surface area contributed by atoms with E-state index in [2.05, 4.69) is 29.2 Å². The van der Waals surface area contributed by atoms with Gasteiger partial charge in [0, 0.05) is 11.6 Å². The molecule has 0 saturated carbocycles. The molecule has 21 heavy (non-hydrogen) atoms. The highest BCUT2D eigenvalue weighted by Gasteiger charge is 2.23. The topological polar surface area (TPSA) is 34.5 Å². The second-order valence-corrected chi connectivity index (χ2v) is 5.05. The number of ether oxygens (including phenoxy) is 1. The van der Waals surface area contributed by atoms with Crippen molar-refractivity contribution >= 4 is 16.7 Å². The Labute approximate surface area is 122 Å². The molecule has 0 saturated heterocycles. The predicted molar refractivity (Wildman–Crippen MR) is 83.4 cm³/mol. The van der Waals surface area contributed by atoms with Gasteiger partial charge in [-0.25, -0.2) is 4.99 Å². The van der Waals surface area contributed by atoms with Gasteiger partial charge < -0.3 is 4.74 Å². The van der Waals surface area contributed by atoms with Crippen LogP contribution in [-0.4, -0.2) is 17.5 Å². The Balaban J connectivity index is 1.77. The third-order valence-electron chi connectivity index (χ3n) is 3.71. The van der Waals surface area contributed by atoms with Gasteiger partial charge in [-0.05, 0) is 17.0 Å². The first kappa shape index (κ1) is 12.1. The highest BCUT2D eigenvalue weighted by molar-refractivity contribution is 6.05. The smallest absolute Gasteiger partial charge is 0.236 e. The monoisotopic (exact) mass is 274 g/mol. The summed E-state index contributed by atoms with van der Waals surface area (Å²) in [5, 5.41) is 2.23. The molecule has 1 aliphatic heterocycles. The van der Waals surface area contributed by atoms with Crippen LogP contribution in [-0.2, 0) is 4.74 Å². The first-order valence-electron chi connectivity index (χ1n) is 7.01. The predicted octanol–water partition coefficient (Wildman–Crippen LogP) is 3.75. The van der Waals surface area contributed by atoms with E-state index in [0.29, 0.717) is 12.5 Å². The highest BCUT2D eigenvalue weighted by atomic mass is 16.5. The molecule has 0 radical (unpaired) electrons. The second-order valence-electron chi connectivity index (χ2n) is 5.05. The molecule has 0 bridgehead atoms. The van der Waals surface area contributed by atoms with E-state index in [1.807, 2.05) is 36.4 Å². The summed E-state index contributed by atoms with van der Waals surface area (Å²) in [5.74, 6) is 0.639. The maximum absolute atomic E-state index is 5.80. The van der Waals surface area contributed by atoms with Gasteiger partial charge in [0.25, 0.3) is 0 Å². The Bertz CT molecular complexity index is 806. The van der Waals surface area contributed by atoms with Crippen LogP contribution in [0.25, 0.3) is 10.8 Å². The van der Waals surface area contributed by atoms with Crippen molar-refractivity contribution in [2.24, 2.45) is 4.99 Å². The van der Waals surface area contributed by atoms with Crippen molar-refractivity contribution in [3.63, 3.8) is 0 Å². The van der Waals surface area contributed by atoms with E-state index in [1.54, 1.807) is 6.20 Å². The molecular formula is C18H14N2O. The van der Waals surface area contributed by atoms with Crippen molar-refractivity contribution in [1.82, 2.24) is 4.98 Å². The number of benzene rings is 2. The fraction of sp³-hybridized carbons (Fsp3) is 0.111. The minimum atomic E-state index is 0.0574. The summed E-state index contributed by atoms with van der Waals surface area (Å²) in [6.45, 7) is 0.574. The molecule has 0 N–H and O–H groups in total. The van der Waals surface area contributed by atoms with Gasteiger partial charge in [0.05, 0.1) is 0 Å². The normalized spacial score (nSPS) is 17.5. The molecule has 1 atom stereocenters. The summed E-state index contributed by atoms with van der Waals surface area (Å²) in [4.78, 5) is 9.17. The molecule has 3 aromatic rings. The number of hydrogen-bond donors (Lipinski definition) is 0. The summed E-state index contributed by atoms with van der Waals surface area (Å²) in [6.07, 6.45) is 1.80. The average molecular weight is 274 g/mol. The zero-order valence-electron chi connectivity index (χ0n) is 11.4. The number of aromatic nitrogens is 1. The van der Waals surface area contributed by atoms with E-state index in [4.69, 9.17) is 9.73 Å². The molecule has 2 heterocycles. The summed E-state index contributed by atoms with van der Waals surface area (Å²) < 4.78 is 5.80. The number of pyridine rings is 1. The lowest BCUT2D eigenvalue weighted by Gasteiger charge is -2.04. The van der Waals surface area contributed by atoms with Crippen LogP contribution in [0.15, 0.2) is 71.9 Å². The largest absolute Gasteiger partial charge is 0.474 e. The summed E-state index contributed by atoms with van der Waals surface area (Å²) in [7, 11) is 0. The lowest BCUT2D eigenvalue weighted by molar-refractivity contribution is 0.319. The highest BCUT2D eigenvalue weighted by Crippen LogP contribution is 2.26. The maximum Gasteiger partial charge on any atom is 0.236 e. The lowest BCUT2D eigenvalue weighted by Crippen LogP contribution is -2.04. The van der Waals surface area contributed by atoms with E-state index in [-0.39, 0.29) is 6.04 Å². The van der Waals surface area contributed by atoms with Gasteiger partial charge in [0.1, 0.15) is 18.3 Å². The average Bonchev–Trinajstić information content (AvgIpc) is 3.05. The number of fused-ring (bicyclic) bond motifs is 1. The fourth-order valence-corrected chi connectivity index (χ4v) is 2.64. The van der Waals surface area contributed by atoms with Crippen LogP contribution in [0.1, 0.15) is 17.3 Å². The molecule has 102 valence electrons. The number of aliphatic imine (C=N–C) groups is 1. The van der Waals surface area contributed by atoms with Crippen molar-refractivity contribution in [2.75, 3.05) is 6.61 Å². The third kappa shape index (κ3) is 2.17. The van der Waals surface area contributed by atoms with E-state index in [1.165, 1.54) is 5.56 Å². The van der Waals surface area contributed by atoms with E-state index in [9.17, 15) is 0 Å². The minimum absolute atomic E-state index is 0.0574. The summed E-state index contributed by atoms with van der Waals surface area (Å²) >= 11 is 0. The molecule has 0 fully saturated rings. The Kier molecular flexibility index (Phi) is 2.89. The molecule has 4 rings (SSSR count). The molecule has 1 aliphatic rings. The van der Waals surface area contributed by atoms with Crippen molar-refractivity contribution in [3.8, 4) is 0 Å². The SMILES string of the molecule is c1ccc(C2COC(c3nccc4ccccc34)=N2)cc1. The number of rotatable bonds is 2. The van der Waals surface area contributed by atoms with Crippen LogP contribution in [0.2, 0.25) is 0 Å². The van der Waals surface area contributed by atoms with Crippen molar-refractivity contribution in [2.45, 2.75) is 6.04 Å².